The Hall–Kier alpha value is -5.17. The first kappa shape index (κ1) is 40.0. The molecule has 6 N–H and O–H groups in total. The molecular weight excluding hydrogens is 757 g/mol. The molecule has 54 heavy (non-hydrogen) atoms. The monoisotopic (exact) mass is 786 g/mol. The van der Waals surface area contributed by atoms with Crippen LogP contribution in [0.15, 0.2) is 109 Å². The Labute approximate surface area is 314 Å². The second-order valence-electron chi connectivity index (χ2n) is 12.1. The van der Waals surface area contributed by atoms with Crippen molar-refractivity contribution >= 4 is 23.2 Å². The van der Waals surface area contributed by atoms with Gasteiger partial charge >= 0.3 is 12.4 Å². The van der Waals surface area contributed by atoms with Gasteiger partial charge in [0.2, 0.25) is 0 Å². The van der Waals surface area contributed by atoms with E-state index in [2.05, 4.69) is 10.2 Å². The summed E-state index contributed by atoms with van der Waals surface area (Å²) in [6, 6.07) is 27.2. The van der Waals surface area contributed by atoms with Crippen LogP contribution in [0.25, 0.3) is 22.3 Å². The van der Waals surface area contributed by atoms with E-state index in [4.69, 9.17) is 34.2 Å². The zero-order valence-corrected chi connectivity index (χ0v) is 29.4. The van der Waals surface area contributed by atoms with E-state index in [1.807, 2.05) is 16.3 Å². The van der Waals surface area contributed by atoms with Gasteiger partial charge in [-0.3, -0.25) is 10.2 Å². The molecule has 4 aromatic carbocycles. The molecular formula is C38H30Cl2F6N6O2. The number of alkyl halides is 6. The number of benzene rings is 4. The van der Waals surface area contributed by atoms with Gasteiger partial charge in [0, 0.05) is 21.2 Å². The lowest BCUT2D eigenvalue weighted by atomic mass is 9.83. The summed E-state index contributed by atoms with van der Waals surface area (Å²) in [7, 11) is 0. The third-order valence-electron chi connectivity index (χ3n) is 8.68. The van der Waals surface area contributed by atoms with Crippen molar-refractivity contribution in [3.05, 3.63) is 153 Å². The average Bonchev–Trinajstić information content (AvgIpc) is 3.85. The van der Waals surface area contributed by atoms with Gasteiger partial charge in [-0.05, 0) is 70.6 Å². The minimum atomic E-state index is -4.56. The van der Waals surface area contributed by atoms with Crippen molar-refractivity contribution in [3.63, 3.8) is 0 Å². The highest BCUT2D eigenvalue weighted by Crippen LogP contribution is 2.40. The average molecular weight is 788 g/mol. The number of nitrogens with zero attached hydrogens (tertiary/aromatic N) is 3. The van der Waals surface area contributed by atoms with Gasteiger partial charge in [0.05, 0.1) is 24.9 Å². The number of H-pyrrole nitrogens is 2. The molecule has 6 rings (SSSR count). The second kappa shape index (κ2) is 16.1. The number of hydrogen-bond acceptors (Lipinski definition) is 6. The van der Waals surface area contributed by atoms with Crippen LogP contribution in [0.5, 0.6) is 0 Å². The van der Waals surface area contributed by atoms with E-state index < -0.39 is 34.9 Å². The molecule has 0 aliphatic rings. The van der Waals surface area contributed by atoms with Crippen molar-refractivity contribution < 1.29 is 36.6 Å². The SMILES string of the molecule is N#CCC(O)(c1ccc(Cl)cc1)c1ccc(-c2cn[nH]c2C(F)(F)F)cc1.NCCC(O)(c1ccc(Cl)cc1)c1ccc(-c2cn[nH]c2C(F)(F)F)cc1. The van der Waals surface area contributed by atoms with Crippen LogP contribution in [0.4, 0.5) is 26.3 Å². The second-order valence-corrected chi connectivity index (χ2v) is 12.9. The lowest BCUT2D eigenvalue weighted by Gasteiger charge is -2.29. The van der Waals surface area contributed by atoms with Gasteiger partial charge < -0.3 is 15.9 Å². The smallest absolute Gasteiger partial charge is 0.380 e. The van der Waals surface area contributed by atoms with E-state index in [-0.39, 0.29) is 36.1 Å². The third-order valence-corrected chi connectivity index (χ3v) is 9.18. The molecule has 0 spiro atoms. The van der Waals surface area contributed by atoms with Gasteiger partial charge in [-0.1, -0.05) is 96.0 Å². The van der Waals surface area contributed by atoms with Gasteiger partial charge in [-0.2, -0.15) is 41.8 Å². The van der Waals surface area contributed by atoms with Gasteiger partial charge in [0.25, 0.3) is 0 Å². The number of aliphatic hydroxyl groups is 2. The Morgan fingerprint density at radius 2 is 0.926 bits per heavy atom. The van der Waals surface area contributed by atoms with Gasteiger partial charge in [-0.25, -0.2) is 0 Å². The molecule has 8 nitrogen and oxygen atoms in total. The Balaban J connectivity index is 0.000000208. The summed E-state index contributed by atoms with van der Waals surface area (Å²) in [5.74, 6) is 0. The van der Waals surface area contributed by atoms with Gasteiger partial charge in [-0.15, -0.1) is 0 Å². The standard InChI is InChI=1S/C19H17ClF3N3O.C19H13ClF3N3O/c2*20-15-7-5-14(6-8-15)18(27,9-10-24)13-3-1-12(2-4-13)16-11-25-26-17(16)19(21,22)23/h1-8,11,27H,9-10,24H2,(H,25,26);1-8,11,27H,9H2,(H,25,26). The predicted molar refractivity (Wildman–Crippen MR) is 191 cm³/mol. The molecule has 280 valence electrons. The van der Waals surface area contributed by atoms with Crippen molar-refractivity contribution in [2.24, 2.45) is 5.73 Å². The third kappa shape index (κ3) is 8.62. The van der Waals surface area contributed by atoms with Crippen LogP contribution in [0.3, 0.4) is 0 Å². The predicted octanol–water partition coefficient (Wildman–Crippen LogP) is 9.23. The fourth-order valence-electron chi connectivity index (χ4n) is 5.89. The van der Waals surface area contributed by atoms with Crippen LogP contribution in [0, 0.1) is 11.3 Å². The van der Waals surface area contributed by atoms with Crippen LogP contribution in [0.1, 0.15) is 46.5 Å². The number of nitrogens with one attached hydrogen (secondary N) is 2. The first-order valence-corrected chi connectivity index (χ1v) is 16.7. The molecule has 16 heteroatoms. The lowest BCUT2D eigenvalue weighted by molar-refractivity contribution is -0.141. The van der Waals surface area contributed by atoms with E-state index in [0.29, 0.717) is 37.9 Å². The number of halogens is 8. The summed E-state index contributed by atoms with van der Waals surface area (Å²) in [6.07, 6.45) is -6.86. The van der Waals surface area contributed by atoms with Crippen molar-refractivity contribution in [1.29, 1.82) is 5.26 Å². The Bertz CT molecular complexity index is 2200. The fourth-order valence-corrected chi connectivity index (χ4v) is 6.15. The largest absolute Gasteiger partial charge is 0.433 e. The van der Waals surface area contributed by atoms with Crippen LogP contribution in [-0.2, 0) is 23.6 Å². The zero-order chi connectivity index (χ0) is 39.3. The van der Waals surface area contributed by atoms with Crippen molar-refractivity contribution in [2.45, 2.75) is 36.4 Å². The fraction of sp³-hybridized carbons (Fsp3) is 0.184. The molecule has 2 heterocycles. The van der Waals surface area contributed by atoms with E-state index in [0.717, 1.165) is 12.4 Å². The highest BCUT2D eigenvalue weighted by Gasteiger charge is 2.38. The molecule has 6 aromatic rings. The van der Waals surface area contributed by atoms with Crippen LogP contribution >= 0.6 is 23.2 Å². The molecule has 2 aromatic heterocycles. The topological polar surface area (TPSA) is 148 Å². The minimum Gasteiger partial charge on any atom is -0.380 e. The number of aromatic amines is 2. The molecule has 0 saturated heterocycles. The van der Waals surface area contributed by atoms with Crippen LogP contribution in [0.2, 0.25) is 10.0 Å². The molecule has 0 amide bonds. The molecule has 0 radical (unpaired) electrons. The van der Waals surface area contributed by atoms with Crippen molar-refractivity contribution in [2.75, 3.05) is 6.54 Å². The van der Waals surface area contributed by atoms with E-state index >= 15 is 0 Å². The summed E-state index contributed by atoms with van der Waals surface area (Å²) in [5.41, 5.74) is 3.28. The minimum absolute atomic E-state index is 0.0529. The van der Waals surface area contributed by atoms with E-state index in [1.165, 1.54) is 36.4 Å². The Morgan fingerprint density at radius 1 is 0.593 bits per heavy atom. The zero-order valence-electron chi connectivity index (χ0n) is 27.9. The summed E-state index contributed by atoms with van der Waals surface area (Å²) in [6.45, 7) is 0.223. The van der Waals surface area contributed by atoms with Crippen molar-refractivity contribution in [3.8, 4) is 28.3 Å². The van der Waals surface area contributed by atoms with Gasteiger partial charge in [0.1, 0.15) is 22.6 Å². The molecule has 0 aliphatic carbocycles. The summed E-state index contributed by atoms with van der Waals surface area (Å²) in [4.78, 5) is 0. The first-order chi connectivity index (χ1) is 25.5. The van der Waals surface area contributed by atoms with E-state index in [9.17, 15) is 36.6 Å². The lowest BCUT2D eigenvalue weighted by Crippen LogP contribution is -2.30. The Kier molecular flexibility index (Phi) is 11.9. The Morgan fingerprint density at radius 3 is 1.24 bits per heavy atom. The maximum Gasteiger partial charge on any atom is 0.433 e. The highest BCUT2D eigenvalue weighted by molar-refractivity contribution is 6.30. The first-order valence-electron chi connectivity index (χ1n) is 16.0. The van der Waals surface area contributed by atoms with E-state index in [1.54, 1.807) is 60.7 Å². The van der Waals surface area contributed by atoms with Crippen LogP contribution < -0.4 is 5.73 Å². The van der Waals surface area contributed by atoms with Crippen molar-refractivity contribution in [1.82, 2.24) is 20.4 Å². The van der Waals surface area contributed by atoms with Gasteiger partial charge in [0.15, 0.2) is 0 Å². The maximum absolute atomic E-state index is 13.1. The number of aromatic nitrogens is 4. The quantitative estimate of drug-likeness (QED) is 0.0924. The number of hydrogen-bond donors (Lipinski definition) is 5. The number of nitriles is 1. The van der Waals surface area contributed by atoms with Crippen LogP contribution in [-0.4, -0.2) is 37.2 Å². The molecule has 2 atom stereocenters. The number of nitrogens with two attached hydrogens (primary N) is 1. The summed E-state index contributed by atoms with van der Waals surface area (Å²) >= 11 is 11.8. The summed E-state index contributed by atoms with van der Waals surface area (Å²) in [5, 5.41) is 43.4. The molecule has 2 unspecified atom stereocenters. The molecule has 0 aliphatic heterocycles. The molecule has 0 saturated carbocycles. The molecule has 0 fully saturated rings. The maximum atomic E-state index is 13.1. The highest BCUT2D eigenvalue weighted by atomic mass is 35.5. The summed E-state index contributed by atoms with van der Waals surface area (Å²) < 4.78 is 78.3. The normalized spacial score (nSPS) is 14.0. The molecule has 0 bridgehead atoms. The number of rotatable bonds is 9.